The molecule has 0 radical (unpaired) electrons. The van der Waals surface area contributed by atoms with Crippen LogP contribution in [0.15, 0.2) is 72.8 Å². The minimum atomic E-state index is -4.66. The first-order valence-electron chi connectivity index (χ1n) is 27.7. The third-order valence-corrected chi connectivity index (χ3v) is 16.0. The molecule has 0 unspecified atom stereocenters. The number of thioether (sulfide) groups is 2. The summed E-state index contributed by atoms with van der Waals surface area (Å²) in [4.78, 5) is 100. The van der Waals surface area contributed by atoms with Crippen LogP contribution < -0.4 is 31.9 Å². The van der Waals surface area contributed by atoms with Gasteiger partial charge in [0.05, 0.1) is 60.8 Å². The van der Waals surface area contributed by atoms with Gasteiger partial charge in [0, 0.05) is 86.6 Å². The molecule has 0 bridgehead atoms. The highest BCUT2D eigenvalue weighted by molar-refractivity contribution is 7.99. The number of rotatable bonds is 32. The van der Waals surface area contributed by atoms with Crippen molar-refractivity contribution >= 4 is 70.9 Å². The minimum absolute atomic E-state index is 0.196. The largest absolute Gasteiger partial charge is 0.477 e. The van der Waals surface area contributed by atoms with Crippen LogP contribution in [0.25, 0.3) is 0 Å². The van der Waals surface area contributed by atoms with Crippen LogP contribution >= 0.6 is 23.5 Å². The zero-order chi connectivity index (χ0) is 66.7. The van der Waals surface area contributed by atoms with Gasteiger partial charge >= 0.3 is 24.3 Å². The molecule has 0 aromatic heterocycles. The SMILES string of the molecule is CC(=O)N[C@H]1[C@H]([C@H](O)[C@H](O)CNC(=O)c2ccc(C(F)(F)F)cc2)O[C@@](OCCCSCCNC(=O)c2ccc(C(=O)NCCSCCCO[C@]3(C(=O)O)C[C@H](O)[C@@H](NC(C)=O)[C@H]([C@H](O)[C@H](O)CNC(=O)c4ccc(C(F)(F)F)cc4)O3)cc2)(C(=O)O)C[C@@H]1O. The van der Waals surface area contributed by atoms with Gasteiger partial charge in [-0.3, -0.25) is 28.8 Å². The Morgan fingerprint density at radius 1 is 0.522 bits per heavy atom. The third-order valence-electron chi connectivity index (χ3n) is 13.9. The number of carbonyl (C=O) groups is 8. The summed E-state index contributed by atoms with van der Waals surface area (Å²) in [5.74, 6) is -11.3. The first kappa shape index (κ1) is 74.0. The Morgan fingerprint density at radius 2 is 0.822 bits per heavy atom. The van der Waals surface area contributed by atoms with Gasteiger partial charge in [0.1, 0.15) is 24.4 Å². The van der Waals surface area contributed by atoms with Crippen molar-refractivity contribution < 1.29 is 124 Å². The van der Waals surface area contributed by atoms with Gasteiger partial charge in [0.2, 0.25) is 11.8 Å². The van der Waals surface area contributed by atoms with Crippen molar-refractivity contribution in [2.24, 2.45) is 0 Å². The van der Waals surface area contributed by atoms with Gasteiger partial charge in [-0.05, 0) is 97.1 Å². The molecule has 2 heterocycles. The summed E-state index contributed by atoms with van der Waals surface area (Å²) < 4.78 is 100. The molecule has 12 atom stereocenters. The summed E-state index contributed by atoms with van der Waals surface area (Å²) in [7, 11) is 0. The summed E-state index contributed by atoms with van der Waals surface area (Å²) in [5, 5.41) is 101. The van der Waals surface area contributed by atoms with E-state index in [1.54, 1.807) is 0 Å². The molecule has 26 nitrogen and oxygen atoms in total. The first-order valence-corrected chi connectivity index (χ1v) is 30.1. The molecule has 90 heavy (non-hydrogen) atoms. The molecule has 14 N–H and O–H groups in total. The molecule has 0 aliphatic carbocycles. The lowest BCUT2D eigenvalue weighted by Crippen LogP contribution is -2.68. The molecule has 2 aliphatic heterocycles. The molecule has 6 amide bonds. The Kier molecular flexibility index (Phi) is 27.6. The monoisotopic (exact) mass is 1320 g/mol. The number of nitrogens with one attached hydrogen (secondary N) is 6. The van der Waals surface area contributed by atoms with E-state index in [4.69, 9.17) is 18.9 Å². The Labute approximate surface area is 518 Å². The number of halogens is 6. The second-order valence-electron chi connectivity index (χ2n) is 20.7. The second-order valence-corrected chi connectivity index (χ2v) is 23.1. The number of carbonyl (C=O) groups excluding carboxylic acids is 6. The second kappa shape index (κ2) is 33.6. The van der Waals surface area contributed by atoms with Gasteiger partial charge in [-0.2, -0.15) is 49.9 Å². The molecule has 2 saturated heterocycles. The number of alkyl halides is 6. The standard InChI is InChI=1S/C56H70F6N6O20S2/c1-29(69)67-41-37(71)25-53(51(81)82,87-45(41)43(75)39(73)27-65-49(79)33-9-13-35(14-10-33)55(57,58)59)85-19-3-21-89-23-17-63-47(77)31-5-7-32(8-6-31)48(78)64-18-24-90-22-4-20-86-54(52(83)84)26-38(72)42(68-30(2)70)46(88-54)44(76)40(74)28-66-50(80)34-11-15-36(16-12-34)56(60,61)62/h5-16,37-46,71-76H,3-4,17-28H2,1-2H3,(H,63,77)(H,64,78)(H,65,79)(H,66,80)(H,67,69)(H,68,70)(H,81,82)(H,83,84)/t37-,38-,39+,40+,41+,42+,43+,44+,45+,46+,53+,54+/m0/s1. The maximum absolute atomic E-state index is 13.0. The van der Waals surface area contributed by atoms with Gasteiger partial charge in [-0.25, -0.2) is 9.59 Å². The van der Waals surface area contributed by atoms with Crippen molar-refractivity contribution in [3.05, 3.63) is 106 Å². The van der Waals surface area contributed by atoms with E-state index in [0.29, 0.717) is 47.3 Å². The Bertz CT molecular complexity index is 2730. The molecule has 2 aliphatic rings. The van der Waals surface area contributed by atoms with Crippen LogP contribution in [0.5, 0.6) is 0 Å². The number of benzene rings is 3. The topological polar surface area (TPSA) is 408 Å². The van der Waals surface area contributed by atoms with E-state index in [0.717, 1.165) is 38.1 Å². The maximum Gasteiger partial charge on any atom is 0.416 e. The lowest BCUT2D eigenvalue weighted by Gasteiger charge is -2.46. The molecule has 3 aromatic rings. The zero-order valence-electron chi connectivity index (χ0n) is 48.2. The minimum Gasteiger partial charge on any atom is -0.477 e. The summed E-state index contributed by atoms with van der Waals surface area (Å²) in [6.07, 6.45) is -25.4. The van der Waals surface area contributed by atoms with Crippen molar-refractivity contribution in [2.75, 3.05) is 62.4 Å². The third kappa shape index (κ3) is 21.2. The van der Waals surface area contributed by atoms with E-state index >= 15 is 0 Å². The molecule has 0 spiro atoms. The number of carboxylic acid groups (broad SMARTS) is 2. The van der Waals surface area contributed by atoms with Crippen molar-refractivity contribution in [2.45, 2.75) is 124 Å². The smallest absolute Gasteiger partial charge is 0.416 e. The Hall–Kier alpha value is -6.70. The number of hydrogen-bond donors (Lipinski definition) is 14. The first-order chi connectivity index (χ1) is 42.3. The van der Waals surface area contributed by atoms with Crippen molar-refractivity contribution in [3.8, 4) is 0 Å². The normalized spacial score (nSPS) is 23.2. The summed E-state index contributed by atoms with van der Waals surface area (Å²) in [6.45, 7) is 0.555. The van der Waals surface area contributed by atoms with Crippen LogP contribution in [0.3, 0.4) is 0 Å². The molecule has 0 saturated carbocycles. The van der Waals surface area contributed by atoms with Gasteiger partial charge < -0.3 is 91.7 Å². The number of amides is 6. The Balaban J connectivity index is 0.988. The average molecular weight is 1330 g/mol. The highest BCUT2D eigenvalue weighted by atomic mass is 32.2. The molecule has 34 heteroatoms. The van der Waals surface area contributed by atoms with Crippen LogP contribution in [-0.4, -0.2) is 223 Å². The highest BCUT2D eigenvalue weighted by Crippen LogP contribution is 2.36. The van der Waals surface area contributed by atoms with E-state index in [9.17, 15) is 106 Å². The van der Waals surface area contributed by atoms with Crippen molar-refractivity contribution in [1.82, 2.24) is 31.9 Å². The maximum atomic E-state index is 13.0. The van der Waals surface area contributed by atoms with Crippen LogP contribution in [-0.2, 0) is 50.5 Å². The average Bonchev–Trinajstić information content (AvgIpc) is 0.818. The van der Waals surface area contributed by atoms with Crippen LogP contribution in [0.4, 0.5) is 26.3 Å². The van der Waals surface area contributed by atoms with E-state index < -0.39 is 169 Å². The summed E-state index contributed by atoms with van der Waals surface area (Å²) in [5.41, 5.74) is -1.97. The number of aliphatic hydroxyl groups is 6. The van der Waals surface area contributed by atoms with Crippen molar-refractivity contribution in [3.63, 3.8) is 0 Å². The fraction of sp³-hybridized carbons (Fsp3) is 0.536. The van der Waals surface area contributed by atoms with Crippen molar-refractivity contribution in [1.29, 1.82) is 0 Å². The van der Waals surface area contributed by atoms with E-state index in [2.05, 4.69) is 31.9 Å². The van der Waals surface area contributed by atoms with Crippen LogP contribution in [0.2, 0.25) is 0 Å². The lowest BCUT2D eigenvalue weighted by atomic mass is 9.88. The van der Waals surface area contributed by atoms with Gasteiger partial charge in [0.25, 0.3) is 35.2 Å². The van der Waals surface area contributed by atoms with Gasteiger partial charge in [-0.15, -0.1) is 0 Å². The Morgan fingerprint density at radius 3 is 1.11 bits per heavy atom. The predicted molar refractivity (Wildman–Crippen MR) is 305 cm³/mol. The summed E-state index contributed by atoms with van der Waals surface area (Å²) in [6, 6.07) is 9.07. The molecule has 5 rings (SSSR count). The van der Waals surface area contributed by atoms with Gasteiger partial charge in [0.15, 0.2) is 0 Å². The molecule has 3 aromatic carbocycles. The van der Waals surface area contributed by atoms with Gasteiger partial charge in [-0.1, -0.05) is 0 Å². The predicted octanol–water partition coefficient (Wildman–Crippen LogP) is 0.638. The van der Waals surface area contributed by atoms with Crippen LogP contribution in [0, 0.1) is 0 Å². The number of hydrogen-bond acceptors (Lipinski definition) is 20. The fourth-order valence-electron chi connectivity index (χ4n) is 9.25. The number of ether oxygens (including phenoxy) is 4. The van der Waals surface area contributed by atoms with E-state index in [1.165, 1.54) is 47.8 Å². The lowest BCUT2D eigenvalue weighted by molar-refractivity contribution is -0.310. The number of aliphatic carboxylic acids is 2. The molecule has 2 fully saturated rings. The fourth-order valence-corrected chi connectivity index (χ4v) is 10.8. The van der Waals surface area contributed by atoms with E-state index in [1.807, 2.05) is 0 Å². The highest BCUT2D eigenvalue weighted by Gasteiger charge is 2.57. The van der Waals surface area contributed by atoms with Crippen LogP contribution in [0.1, 0.15) is 92.1 Å². The summed E-state index contributed by atoms with van der Waals surface area (Å²) >= 11 is 2.71. The molecular formula is C56H70F6N6O20S2. The molecular weight excluding hydrogens is 1250 g/mol. The quantitative estimate of drug-likeness (QED) is 0.0301. The van der Waals surface area contributed by atoms with E-state index in [-0.39, 0.29) is 61.4 Å². The number of aliphatic hydroxyl groups excluding tert-OH is 6. The zero-order valence-corrected chi connectivity index (χ0v) is 49.8. The molecule has 498 valence electrons. The number of carboxylic acids is 2.